The van der Waals surface area contributed by atoms with Crippen LogP contribution in [0, 0.1) is 0 Å². The van der Waals surface area contributed by atoms with E-state index in [9.17, 15) is 4.21 Å². The van der Waals surface area contributed by atoms with Gasteiger partial charge in [0, 0.05) is 0 Å². The predicted molar refractivity (Wildman–Crippen MR) is 40.6 cm³/mol. The van der Waals surface area contributed by atoms with Crippen LogP contribution in [0.5, 0.6) is 0 Å². The van der Waals surface area contributed by atoms with E-state index in [-0.39, 0.29) is 0 Å². The Bertz CT molecular complexity index is 117. The van der Waals surface area contributed by atoms with Gasteiger partial charge in [-0.25, -0.2) is 0 Å². The first-order valence-electron chi connectivity index (χ1n) is 3.20. The molecule has 0 aliphatic rings. The van der Waals surface area contributed by atoms with Crippen molar-refractivity contribution < 1.29 is 12.6 Å². The van der Waals surface area contributed by atoms with Crippen molar-refractivity contribution in [2.24, 2.45) is 0 Å². The molecule has 0 aromatic heterocycles. The highest BCUT2D eigenvalue weighted by molar-refractivity contribution is 7.75. The summed E-state index contributed by atoms with van der Waals surface area (Å²) in [7, 11) is 0. The van der Waals surface area contributed by atoms with Crippen molar-refractivity contribution in [3.05, 3.63) is 0 Å². The van der Waals surface area contributed by atoms with Crippen molar-refractivity contribution >= 4 is 11.4 Å². The van der Waals surface area contributed by atoms with E-state index in [0.29, 0.717) is 6.61 Å². The number of hydrogen-bond donors (Lipinski definition) is 0. The van der Waals surface area contributed by atoms with Crippen molar-refractivity contribution in [3.63, 3.8) is 0 Å². The molecule has 0 heterocycles. The Hall–Kier alpha value is 0.0700. The Kier molecular flexibility index (Phi) is 4.08. The highest BCUT2D eigenvalue weighted by atomic mass is 32.2. The predicted octanol–water partition coefficient (Wildman–Crippen LogP) is 1.42. The molecule has 0 saturated heterocycles. The second-order valence-electron chi connectivity index (χ2n) is 2.81. The van der Waals surface area contributed by atoms with Gasteiger partial charge in [0.15, 0.2) is 0 Å². The number of hydrogen-bond acceptors (Lipinski definition) is 3. The molecule has 0 bridgehead atoms. The zero-order chi connectivity index (χ0) is 8.20. The van der Waals surface area contributed by atoms with Crippen molar-refractivity contribution in [2.75, 3.05) is 6.61 Å². The Morgan fingerprint density at radius 2 is 1.90 bits per heavy atom. The summed E-state index contributed by atoms with van der Waals surface area (Å²) < 4.78 is 20.3. The van der Waals surface area contributed by atoms with Gasteiger partial charge >= 0.3 is 11.4 Å². The van der Waals surface area contributed by atoms with Crippen LogP contribution >= 0.6 is 0 Å². The van der Waals surface area contributed by atoms with Gasteiger partial charge in [0.05, 0.1) is 12.2 Å². The van der Waals surface area contributed by atoms with Crippen LogP contribution in [-0.2, 0) is 19.7 Å². The van der Waals surface area contributed by atoms with Crippen LogP contribution in [0.25, 0.3) is 0 Å². The quantitative estimate of drug-likeness (QED) is 0.636. The highest BCUT2D eigenvalue weighted by Gasteiger charge is 2.15. The first kappa shape index (κ1) is 10.1. The van der Waals surface area contributed by atoms with Gasteiger partial charge in [-0.15, -0.1) is 0 Å². The fourth-order valence-electron chi connectivity index (χ4n) is 0.324. The lowest BCUT2D eigenvalue weighted by Gasteiger charge is -2.16. The average Bonchev–Trinajstić information content (AvgIpc) is 1.59. The molecule has 0 amide bonds. The van der Waals surface area contributed by atoms with Gasteiger partial charge in [0.25, 0.3) is 0 Å². The van der Waals surface area contributed by atoms with Gasteiger partial charge in [0.2, 0.25) is 0 Å². The maximum Gasteiger partial charge on any atom is 0.305 e. The molecule has 62 valence electrons. The summed E-state index contributed by atoms with van der Waals surface area (Å²) in [5, 5.41) is 0. The van der Waals surface area contributed by atoms with E-state index < -0.39 is 17.0 Å². The summed E-state index contributed by atoms with van der Waals surface area (Å²) in [6.45, 7) is 7.64. The molecule has 0 rings (SSSR count). The van der Waals surface area contributed by atoms with Crippen LogP contribution in [-0.4, -0.2) is 16.4 Å². The molecular formula is C6H14O3S. The lowest BCUT2D eigenvalue weighted by atomic mass is 10.2. The summed E-state index contributed by atoms with van der Waals surface area (Å²) >= 11 is -1.59. The molecule has 3 nitrogen and oxygen atoms in total. The van der Waals surface area contributed by atoms with Gasteiger partial charge in [-0.2, -0.15) is 4.21 Å². The summed E-state index contributed by atoms with van der Waals surface area (Å²) in [5.41, 5.74) is -0.403. The number of rotatable bonds is 3. The maximum atomic E-state index is 10.7. The summed E-state index contributed by atoms with van der Waals surface area (Å²) in [6, 6.07) is 0. The smallest absolute Gasteiger partial charge is 0.269 e. The van der Waals surface area contributed by atoms with Gasteiger partial charge in [0.1, 0.15) is 0 Å². The molecule has 0 fully saturated rings. The van der Waals surface area contributed by atoms with Crippen LogP contribution in [0.2, 0.25) is 0 Å². The minimum Gasteiger partial charge on any atom is -0.269 e. The third kappa shape index (κ3) is 6.19. The van der Waals surface area contributed by atoms with E-state index in [4.69, 9.17) is 4.18 Å². The van der Waals surface area contributed by atoms with E-state index >= 15 is 0 Å². The van der Waals surface area contributed by atoms with Crippen LogP contribution in [0.3, 0.4) is 0 Å². The van der Waals surface area contributed by atoms with E-state index in [2.05, 4.69) is 4.18 Å². The highest BCUT2D eigenvalue weighted by Crippen LogP contribution is 2.09. The largest absolute Gasteiger partial charge is 0.305 e. The topological polar surface area (TPSA) is 35.5 Å². The zero-order valence-corrected chi connectivity index (χ0v) is 7.66. The third-order valence-electron chi connectivity index (χ3n) is 0.532. The van der Waals surface area contributed by atoms with Gasteiger partial charge in [-0.3, -0.25) is 8.37 Å². The normalized spacial score (nSPS) is 15.2. The molecule has 0 spiro atoms. The SMILES string of the molecule is CCOS(=O)OC(C)(C)C. The van der Waals surface area contributed by atoms with Gasteiger partial charge in [-0.05, 0) is 27.7 Å². The molecule has 0 aliphatic carbocycles. The third-order valence-corrected chi connectivity index (χ3v) is 1.60. The molecule has 0 aromatic rings. The monoisotopic (exact) mass is 166 g/mol. The Morgan fingerprint density at radius 1 is 1.40 bits per heavy atom. The molecule has 10 heavy (non-hydrogen) atoms. The van der Waals surface area contributed by atoms with Crippen LogP contribution in [0.4, 0.5) is 0 Å². The summed E-state index contributed by atoms with van der Waals surface area (Å²) in [6.07, 6.45) is 0. The zero-order valence-electron chi connectivity index (χ0n) is 6.84. The first-order chi connectivity index (χ1) is 4.45. The second-order valence-corrected chi connectivity index (χ2v) is 3.62. The van der Waals surface area contributed by atoms with Crippen molar-refractivity contribution in [2.45, 2.75) is 33.3 Å². The van der Waals surface area contributed by atoms with E-state index in [1.807, 2.05) is 20.8 Å². The van der Waals surface area contributed by atoms with Crippen LogP contribution in [0.15, 0.2) is 0 Å². The Balaban J connectivity index is 3.58. The Morgan fingerprint density at radius 3 is 2.20 bits per heavy atom. The molecule has 0 aliphatic heterocycles. The summed E-state index contributed by atoms with van der Waals surface area (Å²) in [5.74, 6) is 0. The second kappa shape index (κ2) is 4.05. The molecule has 0 saturated carbocycles. The van der Waals surface area contributed by atoms with Gasteiger partial charge < -0.3 is 0 Å². The van der Waals surface area contributed by atoms with Crippen molar-refractivity contribution in [3.8, 4) is 0 Å². The first-order valence-corrected chi connectivity index (χ1v) is 4.20. The van der Waals surface area contributed by atoms with Crippen LogP contribution in [0.1, 0.15) is 27.7 Å². The molecule has 0 aromatic carbocycles. The molecular weight excluding hydrogens is 152 g/mol. The van der Waals surface area contributed by atoms with E-state index in [1.165, 1.54) is 0 Å². The molecule has 4 heteroatoms. The van der Waals surface area contributed by atoms with E-state index in [1.54, 1.807) is 6.92 Å². The minimum absolute atomic E-state index is 0.403. The molecule has 0 radical (unpaired) electrons. The Labute approximate surface area is 64.6 Å². The fourth-order valence-corrected chi connectivity index (χ4v) is 0.973. The average molecular weight is 166 g/mol. The standard InChI is InChI=1S/C6H14O3S/c1-5-8-10(7)9-6(2,3)4/h5H2,1-4H3. The molecule has 1 atom stereocenters. The molecule has 0 N–H and O–H groups in total. The summed E-state index contributed by atoms with van der Waals surface area (Å²) in [4.78, 5) is 0. The molecule has 1 unspecified atom stereocenters. The van der Waals surface area contributed by atoms with Crippen molar-refractivity contribution in [1.82, 2.24) is 0 Å². The fraction of sp³-hybridized carbons (Fsp3) is 1.00. The maximum absolute atomic E-state index is 10.7. The van der Waals surface area contributed by atoms with Gasteiger partial charge in [-0.1, -0.05) is 0 Å². The van der Waals surface area contributed by atoms with E-state index in [0.717, 1.165) is 0 Å². The minimum atomic E-state index is -1.59. The van der Waals surface area contributed by atoms with Crippen LogP contribution < -0.4 is 0 Å². The van der Waals surface area contributed by atoms with Crippen molar-refractivity contribution in [1.29, 1.82) is 0 Å². The lowest BCUT2D eigenvalue weighted by molar-refractivity contribution is 0.124. The lowest BCUT2D eigenvalue weighted by Crippen LogP contribution is -2.21.